The van der Waals surface area contributed by atoms with Gasteiger partial charge >= 0.3 is 102 Å². The van der Waals surface area contributed by atoms with Crippen LogP contribution in [-0.4, -0.2) is 14.3 Å². The second-order valence-electron chi connectivity index (χ2n) is 5.14. The van der Waals surface area contributed by atoms with Gasteiger partial charge in [-0.2, -0.15) is 0 Å². The van der Waals surface area contributed by atoms with Crippen molar-refractivity contribution in [1.29, 1.82) is 0 Å². The standard InChI is InChI=1S/C14H31Ge/c1-4-5-6-7-8-9-10-11-12-13-14-15(2)3/h4-14H2,1-3H3. The molecule has 15 heavy (non-hydrogen) atoms. The summed E-state index contributed by atoms with van der Waals surface area (Å²) in [6.07, 6.45) is 14.8. The molecule has 1 heteroatoms. The summed E-state index contributed by atoms with van der Waals surface area (Å²) in [5.41, 5.74) is 0. The SMILES string of the molecule is CCCCCCCCCCC[CH2][Ge]([CH3])[CH3]. The van der Waals surface area contributed by atoms with Crippen LogP contribution in [0.2, 0.25) is 16.8 Å². The summed E-state index contributed by atoms with van der Waals surface area (Å²) in [5, 5.41) is 1.59. The average Bonchev–Trinajstić information content (AvgIpc) is 2.20. The molecule has 0 atom stereocenters. The quantitative estimate of drug-likeness (QED) is 0.336. The first-order valence-corrected chi connectivity index (χ1v) is 12.7. The minimum atomic E-state index is -0.479. The third kappa shape index (κ3) is 14.5. The van der Waals surface area contributed by atoms with Gasteiger partial charge in [0.25, 0.3) is 0 Å². The van der Waals surface area contributed by atoms with Crippen molar-refractivity contribution in [1.82, 2.24) is 0 Å². The Bertz CT molecular complexity index is 110. The second kappa shape index (κ2) is 12.6. The van der Waals surface area contributed by atoms with Gasteiger partial charge in [0.15, 0.2) is 0 Å². The zero-order valence-corrected chi connectivity index (χ0v) is 13.4. The van der Waals surface area contributed by atoms with Crippen molar-refractivity contribution >= 4 is 14.3 Å². The van der Waals surface area contributed by atoms with E-state index in [2.05, 4.69) is 18.4 Å². The topological polar surface area (TPSA) is 0 Å². The summed E-state index contributed by atoms with van der Waals surface area (Å²) < 4.78 is 0. The Morgan fingerprint density at radius 2 is 1.00 bits per heavy atom. The molecule has 0 aromatic rings. The maximum absolute atomic E-state index is 2.49. The first-order chi connectivity index (χ1) is 7.27. The molecule has 0 rings (SSSR count). The van der Waals surface area contributed by atoms with Gasteiger partial charge in [0.2, 0.25) is 0 Å². The van der Waals surface area contributed by atoms with E-state index in [0.29, 0.717) is 0 Å². The van der Waals surface area contributed by atoms with Crippen LogP contribution >= 0.6 is 0 Å². The summed E-state index contributed by atoms with van der Waals surface area (Å²) >= 11 is -0.479. The summed E-state index contributed by atoms with van der Waals surface area (Å²) in [5.74, 6) is 4.99. The van der Waals surface area contributed by atoms with Crippen molar-refractivity contribution in [2.75, 3.05) is 0 Å². The zero-order valence-electron chi connectivity index (χ0n) is 11.3. The Hall–Kier alpha value is 0.543. The minimum absolute atomic E-state index is 0.479. The molecule has 0 saturated carbocycles. The van der Waals surface area contributed by atoms with Gasteiger partial charge in [0.05, 0.1) is 0 Å². The maximum atomic E-state index is 2.49. The molecule has 0 spiro atoms. The number of rotatable bonds is 11. The van der Waals surface area contributed by atoms with E-state index in [-0.39, 0.29) is 0 Å². The third-order valence-electron chi connectivity index (χ3n) is 3.03. The fourth-order valence-electron chi connectivity index (χ4n) is 1.97. The van der Waals surface area contributed by atoms with Gasteiger partial charge in [-0.05, 0) is 0 Å². The van der Waals surface area contributed by atoms with Gasteiger partial charge in [-0.25, -0.2) is 0 Å². The van der Waals surface area contributed by atoms with Crippen LogP contribution < -0.4 is 0 Å². The van der Waals surface area contributed by atoms with E-state index < -0.39 is 14.3 Å². The van der Waals surface area contributed by atoms with Crippen molar-refractivity contribution in [3.8, 4) is 0 Å². The van der Waals surface area contributed by atoms with E-state index in [4.69, 9.17) is 0 Å². The molecule has 0 nitrogen and oxygen atoms in total. The molecule has 0 fully saturated rings. The van der Waals surface area contributed by atoms with Gasteiger partial charge in [-0.15, -0.1) is 0 Å². The normalized spacial score (nSPS) is 11.2. The molecule has 91 valence electrons. The van der Waals surface area contributed by atoms with Crippen molar-refractivity contribution in [2.24, 2.45) is 0 Å². The van der Waals surface area contributed by atoms with Gasteiger partial charge in [-0.1, -0.05) is 0 Å². The Labute approximate surface area is 102 Å². The molecule has 0 aliphatic heterocycles. The second-order valence-corrected chi connectivity index (χ2v) is 11.3. The summed E-state index contributed by atoms with van der Waals surface area (Å²) in [6, 6.07) is 0. The molecule has 1 radical (unpaired) electrons. The Balaban J connectivity index is 2.87. The molecular formula is C14H31Ge. The molecule has 0 N–H and O–H groups in total. The fraction of sp³-hybridized carbons (Fsp3) is 1.00. The van der Waals surface area contributed by atoms with Crippen LogP contribution in [0.15, 0.2) is 0 Å². The molecule has 0 aromatic carbocycles. The van der Waals surface area contributed by atoms with Gasteiger partial charge in [0.1, 0.15) is 0 Å². The van der Waals surface area contributed by atoms with Crippen LogP contribution in [0.3, 0.4) is 0 Å². The van der Waals surface area contributed by atoms with E-state index in [1.54, 1.807) is 5.25 Å². The molecule has 0 heterocycles. The summed E-state index contributed by atoms with van der Waals surface area (Å²) in [7, 11) is 0. The predicted octanol–water partition coefficient (Wildman–Crippen LogP) is 5.66. The van der Waals surface area contributed by atoms with Gasteiger partial charge < -0.3 is 0 Å². The fourth-order valence-corrected chi connectivity index (χ4v) is 3.97. The molecule has 0 amide bonds. The molecular weight excluding hydrogens is 241 g/mol. The van der Waals surface area contributed by atoms with Crippen LogP contribution in [0.25, 0.3) is 0 Å². The number of hydrogen-bond acceptors (Lipinski definition) is 0. The Morgan fingerprint density at radius 1 is 0.600 bits per heavy atom. The van der Waals surface area contributed by atoms with E-state index in [1.807, 2.05) is 0 Å². The average molecular weight is 272 g/mol. The molecule has 0 unspecified atom stereocenters. The first-order valence-electron chi connectivity index (χ1n) is 7.06. The number of unbranched alkanes of at least 4 members (excludes halogenated alkanes) is 9. The monoisotopic (exact) mass is 273 g/mol. The zero-order chi connectivity index (χ0) is 11.4. The van der Waals surface area contributed by atoms with Gasteiger partial charge in [0, 0.05) is 0 Å². The van der Waals surface area contributed by atoms with Crippen molar-refractivity contribution in [3.63, 3.8) is 0 Å². The van der Waals surface area contributed by atoms with E-state index in [9.17, 15) is 0 Å². The van der Waals surface area contributed by atoms with E-state index in [1.165, 1.54) is 64.2 Å². The Kier molecular flexibility index (Phi) is 13.1. The van der Waals surface area contributed by atoms with Crippen LogP contribution in [0, 0.1) is 0 Å². The van der Waals surface area contributed by atoms with Crippen molar-refractivity contribution < 1.29 is 0 Å². The van der Waals surface area contributed by atoms with Crippen molar-refractivity contribution in [3.05, 3.63) is 0 Å². The van der Waals surface area contributed by atoms with Crippen LogP contribution in [0.4, 0.5) is 0 Å². The molecule has 0 aromatic heterocycles. The number of hydrogen-bond donors (Lipinski definition) is 0. The molecule has 0 aliphatic rings. The molecule has 0 bridgehead atoms. The summed E-state index contributed by atoms with van der Waals surface area (Å²) in [6.45, 7) is 2.29. The van der Waals surface area contributed by atoms with Crippen LogP contribution in [-0.2, 0) is 0 Å². The van der Waals surface area contributed by atoms with Crippen LogP contribution in [0.5, 0.6) is 0 Å². The van der Waals surface area contributed by atoms with E-state index >= 15 is 0 Å². The molecule has 0 saturated heterocycles. The predicted molar refractivity (Wildman–Crippen MR) is 74.1 cm³/mol. The van der Waals surface area contributed by atoms with Gasteiger partial charge in [-0.3, -0.25) is 0 Å². The Morgan fingerprint density at radius 3 is 1.40 bits per heavy atom. The van der Waals surface area contributed by atoms with Crippen molar-refractivity contribution in [2.45, 2.75) is 87.9 Å². The molecule has 0 aliphatic carbocycles. The third-order valence-corrected chi connectivity index (χ3v) is 5.87. The summed E-state index contributed by atoms with van der Waals surface area (Å²) in [4.78, 5) is 0. The van der Waals surface area contributed by atoms with E-state index in [0.717, 1.165) is 0 Å². The first kappa shape index (κ1) is 15.5. The van der Waals surface area contributed by atoms with Crippen LogP contribution in [0.1, 0.15) is 71.1 Å².